The van der Waals surface area contributed by atoms with Crippen LogP contribution in [0, 0.1) is 11.8 Å². The van der Waals surface area contributed by atoms with Crippen molar-refractivity contribution in [3.8, 4) is 0 Å². The van der Waals surface area contributed by atoms with Gasteiger partial charge in [-0.1, -0.05) is 27.7 Å². The minimum atomic E-state index is -0.520. The lowest BCUT2D eigenvalue weighted by Crippen LogP contribution is -2.46. The number of amides is 4. The van der Waals surface area contributed by atoms with Crippen LogP contribution in [0.15, 0.2) is 18.3 Å². The van der Waals surface area contributed by atoms with Gasteiger partial charge in [0, 0.05) is 26.3 Å². The predicted molar refractivity (Wildman–Crippen MR) is 149 cm³/mol. The molecule has 1 aliphatic heterocycles. The van der Waals surface area contributed by atoms with Gasteiger partial charge in [0.15, 0.2) is 5.69 Å². The first kappa shape index (κ1) is 29.4. The van der Waals surface area contributed by atoms with Crippen LogP contribution in [0.2, 0.25) is 0 Å². The summed E-state index contributed by atoms with van der Waals surface area (Å²) in [7, 11) is 1.47. The van der Waals surface area contributed by atoms with Crippen molar-refractivity contribution in [3.05, 3.63) is 35.3 Å². The Bertz CT molecular complexity index is 1080. The molecule has 10 heteroatoms. The third-order valence-electron chi connectivity index (χ3n) is 7.02. The number of imidazole rings is 1. The first-order valence-electron chi connectivity index (χ1n) is 14.0. The van der Waals surface area contributed by atoms with Crippen molar-refractivity contribution >= 4 is 23.5 Å². The van der Waals surface area contributed by atoms with Crippen molar-refractivity contribution in [1.82, 2.24) is 35.4 Å². The average Bonchev–Trinajstić information content (AvgIpc) is 3.54. The average molecular weight is 528 g/mol. The quantitative estimate of drug-likeness (QED) is 0.366. The first-order valence-corrected chi connectivity index (χ1v) is 14.0. The predicted octanol–water partition coefficient (Wildman–Crippen LogP) is 3.47. The number of pyridine rings is 1. The van der Waals surface area contributed by atoms with Gasteiger partial charge in [-0.2, -0.15) is 0 Å². The highest BCUT2D eigenvalue weighted by molar-refractivity contribution is 5.96. The molecule has 2 aromatic heterocycles. The number of nitrogens with one attached hydrogen (secondary N) is 3. The molecule has 0 saturated carbocycles. The molecule has 3 rings (SSSR count). The number of hydrazine groups is 1. The number of nitrogens with zero attached hydrogens (tertiary/aromatic N) is 4. The lowest BCUT2D eigenvalue weighted by molar-refractivity contribution is 0.0740. The monoisotopic (exact) mass is 527 g/mol. The summed E-state index contributed by atoms with van der Waals surface area (Å²) in [6, 6.07) is 3.07. The number of rotatable bonds is 12. The Morgan fingerprint density at radius 3 is 2.26 bits per heavy atom. The second kappa shape index (κ2) is 14.1. The van der Waals surface area contributed by atoms with Crippen LogP contribution in [-0.2, 0) is 6.42 Å². The molecule has 1 fully saturated rings. The molecule has 0 atom stereocenters. The number of urea groups is 1. The number of carbonyl (C=O) groups is 3. The largest absolute Gasteiger partial charge is 0.340 e. The second-order valence-electron chi connectivity index (χ2n) is 11.0. The fourth-order valence-electron chi connectivity index (χ4n) is 4.68. The molecule has 4 amide bonds. The Kier molecular flexibility index (Phi) is 10.9. The summed E-state index contributed by atoms with van der Waals surface area (Å²) in [5.74, 6) is 0.522. The van der Waals surface area contributed by atoms with Gasteiger partial charge in [0.25, 0.3) is 11.8 Å². The van der Waals surface area contributed by atoms with Crippen LogP contribution >= 0.6 is 0 Å². The fourth-order valence-corrected chi connectivity index (χ4v) is 4.68. The van der Waals surface area contributed by atoms with E-state index in [0.717, 1.165) is 44.6 Å². The molecule has 38 heavy (non-hydrogen) atoms. The van der Waals surface area contributed by atoms with E-state index in [1.807, 2.05) is 15.5 Å². The molecule has 0 unspecified atom stereocenters. The molecule has 1 aliphatic rings. The second-order valence-corrected chi connectivity index (χ2v) is 11.0. The van der Waals surface area contributed by atoms with Gasteiger partial charge >= 0.3 is 6.03 Å². The van der Waals surface area contributed by atoms with Crippen LogP contribution in [0.3, 0.4) is 0 Å². The molecule has 3 heterocycles. The van der Waals surface area contributed by atoms with Gasteiger partial charge in [0.2, 0.25) is 0 Å². The third kappa shape index (κ3) is 8.18. The first-order chi connectivity index (χ1) is 18.2. The van der Waals surface area contributed by atoms with Crippen molar-refractivity contribution < 1.29 is 14.4 Å². The lowest BCUT2D eigenvalue weighted by Gasteiger charge is -2.24. The normalized spacial score (nSPS) is 13.9. The number of fused-ring (bicyclic) bond motifs is 1. The van der Waals surface area contributed by atoms with E-state index in [-0.39, 0.29) is 11.6 Å². The minimum Gasteiger partial charge on any atom is -0.340 e. The maximum absolute atomic E-state index is 13.6. The fraction of sp³-hybridized carbons (Fsp3) is 0.643. The van der Waals surface area contributed by atoms with E-state index >= 15 is 0 Å². The van der Waals surface area contributed by atoms with E-state index < -0.39 is 11.9 Å². The smallest absolute Gasteiger partial charge is 0.333 e. The molecule has 2 aromatic rings. The van der Waals surface area contributed by atoms with Crippen LogP contribution in [0.4, 0.5) is 4.79 Å². The molecule has 0 bridgehead atoms. The number of carbonyl (C=O) groups excluding carboxylic acids is 3. The summed E-state index contributed by atoms with van der Waals surface area (Å²) >= 11 is 0. The molecular weight excluding hydrogens is 482 g/mol. The molecule has 0 aromatic carbocycles. The maximum Gasteiger partial charge on any atom is 0.333 e. The van der Waals surface area contributed by atoms with Gasteiger partial charge in [0.1, 0.15) is 5.65 Å². The molecule has 0 spiro atoms. The van der Waals surface area contributed by atoms with Gasteiger partial charge in [-0.3, -0.25) is 15.0 Å². The van der Waals surface area contributed by atoms with Crippen molar-refractivity contribution in [1.29, 1.82) is 0 Å². The highest BCUT2D eigenvalue weighted by atomic mass is 16.2. The van der Waals surface area contributed by atoms with E-state index in [9.17, 15) is 14.4 Å². The van der Waals surface area contributed by atoms with Crippen molar-refractivity contribution in [3.63, 3.8) is 0 Å². The minimum absolute atomic E-state index is 0.00259. The van der Waals surface area contributed by atoms with Crippen LogP contribution in [0.1, 0.15) is 86.3 Å². The summed E-state index contributed by atoms with van der Waals surface area (Å²) < 4.78 is 1.87. The highest BCUT2D eigenvalue weighted by Gasteiger charge is 2.23. The molecule has 0 aliphatic carbocycles. The Hall–Kier alpha value is -3.14. The number of aryl methyl sites for hydroxylation is 1. The standard InChI is InChI=1S/C28H45N7O3/c1-20(2)12-17-34(18-13-21(3)4)27(37)22-10-11-24-30-25(26(36)31-32-28(38)29-5)23(35(24)19-22)9-8-16-33-14-6-7-15-33/h10-11,19-21H,6-9,12-18H2,1-5H3,(H,31,36)(H2,29,32,38). The van der Waals surface area contributed by atoms with Crippen molar-refractivity contribution in [2.45, 2.75) is 66.2 Å². The van der Waals surface area contributed by atoms with Crippen LogP contribution in [0.5, 0.6) is 0 Å². The van der Waals surface area contributed by atoms with Gasteiger partial charge in [0.05, 0.1) is 11.3 Å². The molecular formula is C28H45N7O3. The molecule has 210 valence electrons. The van der Waals surface area contributed by atoms with Gasteiger partial charge < -0.3 is 19.5 Å². The molecule has 1 saturated heterocycles. The van der Waals surface area contributed by atoms with E-state index in [2.05, 4.69) is 53.7 Å². The van der Waals surface area contributed by atoms with E-state index in [1.165, 1.54) is 19.9 Å². The van der Waals surface area contributed by atoms with E-state index in [0.29, 0.717) is 42.6 Å². The Labute approximate surface area is 226 Å². The zero-order valence-electron chi connectivity index (χ0n) is 23.7. The number of hydrogen-bond acceptors (Lipinski definition) is 5. The van der Waals surface area contributed by atoms with Crippen molar-refractivity contribution in [2.75, 3.05) is 39.8 Å². The zero-order valence-corrected chi connectivity index (χ0v) is 23.7. The Balaban J connectivity index is 1.89. The Morgan fingerprint density at radius 2 is 1.66 bits per heavy atom. The molecule has 3 N–H and O–H groups in total. The highest BCUT2D eigenvalue weighted by Crippen LogP contribution is 2.19. The third-order valence-corrected chi connectivity index (χ3v) is 7.02. The summed E-state index contributed by atoms with van der Waals surface area (Å²) in [6.07, 6.45) is 7.65. The van der Waals surface area contributed by atoms with Crippen LogP contribution < -0.4 is 16.2 Å². The van der Waals surface area contributed by atoms with Gasteiger partial charge in [-0.05, 0) is 82.1 Å². The van der Waals surface area contributed by atoms with Crippen LogP contribution in [-0.4, -0.2) is 76.8 Å². The van der Waals surface area contributed by atoms with Crippen LogP contribution in [0.25, 0.3) is 5.65 Å². The maximum atomic E-state index is 13.6. The lowest BCUT2D eigenvalue weighted by atomic mass is 10.1. The van der Waals surface area contributed by atoms with Crippen molar-refractivity contribution in [2.24, 2.45) is 11.8 Å². The summed E-state index contributed by atoms with van der Waals surface area (Å²) in [6.45, 7) is 13.3. The molecule has 0 radical (unpaired) electrons. The summed E-state index contributed by atoms with van der Waals surface area (Å²) in [5, 5.41) is 2.41. The van der Waals surface area contributed by atoms with E-state index in [4.69, 9.17) is 0 Å². The number of aromatic nitrogens is 2. The summed E-state index contributed by atoms with van der Waals surface area (Å²) in [4.78, 5) is 47.1. The molecule has 10 nitrogen and oxygen atoms in total. The number of hydrogen-bond donors (Lipinski definition) is 3. The zero-order chi connectivity index (χ0) is 27.7. The number of likely N-dealkylation sites (tertiary alicyclic amines) is 1. The Morgan fingerprint density at radius 1 is 1.00 bits per heavy atom. The van der Waals surface area contributed by atoms with E-state index in [1.54, 1.807) is 12.1 Å². The summed E-state index contributed by atoms with van der Waals surface area (Å²) in [5.41, 5.74) is 6.92. The van der Waals surface area contributed by atoms with Gasteiger partial charge in [-0.15, -0.1) is 0 Å². The van der Waals surface area contributed by atoms with Gasteiger partial charge in [-0.25, -0.2) is 15.2 Å². The SMILES string of the molecule is CNC(=O)NNC(=O)c1nc2ccc(C(=O)N(CCC(C)C)CCC(C)C)cn2c1CCCN1CCCC1. The topological polar surface area (TPSA) is 111 Å².